The lowest BCUT2D eigenvalue weighted by Gasteiger charge is -2.12. The van der Waals surface area contributed by atoms with Gasteiger partial charge >= 0.3 is 5.97 Å². The molecule has 0 saturated heterocycles. The third-order valence-electron chi connectivity index (χ3n) is 2.76. The highest BCUT2D eigenvalue weighted by molar-refractivity contribution is 5.90. The molecule has 18 heavy (non-hydrogen) atoms. The Bertz CT molecular complexity index is 388. The molecule has 0 fully saturated rings. The molecule has 0 bridgehead atoms. The van der Waals surface area contributed by atoms with Crippen molar-refractivity contribution in [3.63, 3.8) is 0 Å². The highest BCUT2D eigenvalue weighted by Crippen LogP contribution is 2.13. The Morgan fingerprint density at radius 1 is 1.50 bits per heavy atom. The molecular weight excluding hydrogens is 232 g/mol. The van der Waals surface area contributed by atoms with Crippen LogP contribution in [0.2, 0.25) is 0 Å². The monoisotopic (exact) mass is 254 g/mol. The predicted molar refractivity (Wildman–Crippen MR) is 68.3 cm³/mol. The van der Waals surface area contributed by atoms with Crippen molar-refractivity contribution in [1.82, 2.24) is 9.78 Å². The third kappa shape index (κ3) is 3.84. The van der Waals surface area contributed by atoms with Crippen molar-refractivity contribution in [2.24, 2.45) is 7.05 Å². The highest BCUT2D eigenvalue weighted by atomic mass is 16.5. The molecule has 0 N–H and O–H groups in total. The van der Waals surface area contributed by atoms with E-state index in [4.69, 9.17) is 9.47 Å². The quantitative estimate of drug-likeness (QED) is 0.701. The van der Waals surface area contributed by atoms with Gasteiger partial charge in [-0.15, -0.1) is 0 Å². The van der Waals surface area contributed by atoms with E-state index in [2.05, 4.69) is 12.0 Å². The summed E-state index contributed by atoms with van der Waals surface area (Å²) in [6.07, 6.45) is 3.80. The Hall–Kier alpha value is -1.36. The first-order valence-corrected chi connectivity index (χ1v) is 6.39. The van der Waals surface area contributed by atoms with Gasteiger partial charge in [-0.25, -0.2) is 4.79 Å². The number of carbonyl (C=O) groups is 1. The van der Waals surface area contributed by atoms with Crippen LogP contribution in [0.5, 0.6) is 0 Å². The summed E-state index contributed by atoms with van der Waals surface area (Å²) in [4.78, 5) is 11.7. The van der Waals surface area contributed by atoms with Crippen LogP contribution in [0.25, 0.3) is 0 Å². The molecule has 0 aromatic carbocycles. The number of hydrogen-bond acceptors (Lipinski definition) is 4. The van der Waals surface area contributed by atoms with Crippen molar-refractivity contribution < 1.29 is 14.3 Å². The van der Waals surface area contributed by atoms with E-state index in [1.54, 1.807) is 18.7 Å². The lowest BCUT2D eigenvalue weighted by molar-refractivity contribution is 0.0398. The fourth-order valence-electron chi connectivity index (χ4n) is 1.72. The van der Waals surface area contributed by atoms with E-state index < -0.39 is 0 Å². The van der Waals surface area contributed by atoms with Gasteiger partial charge in [-0.1, -0.05) is 13.3 Å². The van der Waals surface area contributed by atoms with Gasteiger partial charge in [-0.2, -0.15) is 5.10 Å². The summed E-state index contributed by atoms with van der Waals surface area (Å²) in [5, 5.41) is 4.08. The minimum Gasteiger partial charge on any atom is -0.462 e. The number of aromatic nitrogens is 2. The van der Waals surface area contributed by atoms with Gasteiger partial charge in [0.25, 0.3) is 0 Å². The zero-order valence-electron chi connectivity index (χ0n) is 11.6. The van der Waals surface area contributed by atoms with Gasteiger partial charge in [0.2, 0.25) is 0 Å². The maximum absolute atomic E-state index is 11.7. The fraction of sp³-hybridized carbons (Fsp3) is 0.692. The molecule has 1 unspecified atom stereocenters. The highest BCUT2D eigenvalue weighted by Gasteiger charge is 2.17. The number of nitrogens with zero attached hydrogens (tertiary/aromatic N) is 2. The fourth-order valence-corrected chi connectivity index (χ4v) is 1.72. The molecule has 0 spiro atoms. The summed E-state index contributed by atoms with van der Waals surface area (Å²) in [5.74, 6) is -0.340. The Kier molecular flexibility index (Phi) is 5.85. The Labute approximate surface area is 108 Å². The van der Waals surface area contributed by atoms with E-state index in [9.17, 15) is 4.79 Å². The van der Waals surface area contributed by atoms with Crippen LogP contribution >= 0.6 is 0 Å². The molecule has 1 aromatic heterocycles. The number of aryl methyl sites for hydroxylation is 1. The van der Waals surface area contributed by atoms with Crippen LogP contribution in [0, 0.1) is 0 Å². The lowest BCUT2D eigenvalue weighted by Crippen LogP contribution is -2.13. The Morgan fingerprint density at radius 2 is 2.22 bits per heavy atom. The minimum atomic E-state index is -0.340. The maximum Gasteiger partial charge on any atom is 0.341 e. The second-order valence-electron chi connectivity index (χ2n) is 4.26. The van der Waals surface area contributed by atoms with Crippen molar-refractivity contribution in [3.8, 4) is 0 Å². The largest absolute Gasteiger partial charge is 0.462 e. The summed E-state index contributed by atoms with van der Waals surface area (Å²) < 4.78 is 12.4. The zero-order chi connectivity index (χ0) is 13.5. The molecule has 5 heteroatoms. The van der Waals surface area contributed by atoms with Gasteiger partial charge < -0.3 is 9.47 Å². The van der Waals surface area contributed by atoms with E-state index >= 15 is 0 Å². The van der Waals surface area contributed by atoms with Crippen molar-refractivity contribution in [2.75, 3.05) is 6.61 Å². The second-order valence-corrected chi connectivity index (χ2v) is 4.26. The maximum atomic E-state index is 11.7. The normalized spacial score (nSPS) is 12.4. The molecule has 0 radical (unpaired) electrons. The van der Waals surface area contributed by atoms with Gasteiger partial charge in [-0.05, 0) is 20.3 Å². The van der Waals surface area contributed by atoms with E-state index in [0.717, 1.165) is 18.5 Å². The van der Waals surface area contributed by atoms with Gasteiger partial charge in [0.05, 0.1) is 31.2 Å². The first-order chi connectivity index (χ1) is 8.60. The molecular formula is C13H22N2O3. The molecule has 102 valence electrons. The molecule has 0 aliphatic carbocycles. The zero-order valence-corrected chi connectivity index (χ0v) is 11.6. The van der Waals surface area contributed by atoms with Crippen LogP contribution in [0.4, 0.5) is 0 Å². The Morgan fingerprint density at radius 3 is 2.83 bits per heavy atom. The van der Waals surface area contributed by atoms with Gasteiger partial charge in [0.1, 0.15) is 5.56 Å². The average molecular weight is 254 g/mol. The molecule has 0 amide bonds. The van der Waals surface area contributed by atoms with E-state index in [0.29, 0.717) is 18.8 Å². The smallest absolute Gasteiger partial charge is 0.341 e. The topological polar surface area (TPSA) is 53.4 Å². The number of rotatable bonds is 7. The molecule has 0 saturated carbocycles. The Balaban J connectivity index is 2.69. The summed E-state index contributed by atoms with van der Waals surface area (Å²) >= 11 is 0. The number of ether oxygens (including phenoxy) is 2. The van der Waals surface area contributed by atoms with E-state index in [1.807, 2.05) is 6.92 Å². The molecule has 1 aromatic rings. The molecule has 1 heterocycles. The molecule has 1 atom stereocenters. The minimum absolute atomic E-state index is 0.181. The van der Waals surface area contributed by atoms with E-state index in [-0.39, 0.29) is 12.1 Å². The summed E-state index contributed by atoms with van der Waals surface area (Å²) in [6.45, 7) is 6.68. The molecule has 5 nitrogen and oxygen atoms in total. The van der Waals surface area contributed by atoms with Crippen molar-refractivity contribution in [3.05, 3.63) is 17.5 Å². The van der Waals surface area contributed by atoms with Gasteiger partial charge in [0, 0.05) is 7.05 Å². The van der Waals surface area contributed by atoms with Crippen LogP contribution in [0.1, 0.15) is 49.7 Å². The standard InChI is InChI=1S/C13H22N2O3/c1-5-7-10(3)18-9-12-11(8-14-15(12)4)13(16)17-6-2/h8,10H,5-7,9H2,1-4H3. The first kappa shape index (κ1) is 14.7. The van der Waals surface area contributed by atoms with Crippen LogP contribution in [-0.2, 0) is 23.1 Å². The summed E-state index contributed by atoms with van der Waals surface area (Å²) in [7, 11) is 1.80. The number of hydrogen-bond donors (Lipinski definition) is 0. The molecule has 0 aliphatic heterocycles. The van der Waals surface area contributed by atoms with E-state index in [1.165, 1.54) is 6.20 Å². The SMILES string of the molecule is CCCC(C)OCc1c(C(=O)OCC)cnn1C. The van der Waals surface area contributed by atoms with Crippen molar-refractivity contribution in [2.45, 2.75) is 46.3 Å². The van der Waals surface area contributed by atoms with Crippen LogP contribution in [-0.4, -0.2) is 28.5 Å². The lowest BCUT2D eigenvalue weighted by atomic mass is 10.2. The van der Waals surface area contributed by atoms with Gasteiger partial charge in [0.15, 0.2) is 0 Å². The summed E-state index contributed by atoms with van der Waals surface area (Å²) in [5.41, 5.74) is 1.25. The number of carbonyl (C=O) groups excluding carboxylic acids is 1. The van der Waals surface area contributed by atoms with Crippen LogP contribution < -0.4 is 0 Å². The molecule has 0 aliphatic rings. The van der Waals surface area contributed by atoms with Gasteiger partial charge in [-0.3, -0.25) is 4.68 Å². The average Bonchev–Trinajstić information content (AvgIpc) is 2.69. The van der Waals surface area contributed by atoms with Crippen molar-refractivity contribution in [1.29, 1.82) is 0 Å². The van der Waals surface area contributed by atoms with Crippen molar-refractivity contribution >= 4 is 5.97 Å². The summed E-state index contributed by atoms with van der Waals surface area (Å²) in [6, 6.07) is 0. The predicted octanol–water partition coefficient (Wildman–Crippen LogP) is 2.30. The van der Waals surface area contributed by atoms with Crippen LogP contribution in [0.15, 0.2) is 6.20 Å². The van der Waals surface area contributed by atoms with Crippen LogP contribution in [0.3, 0.4) is 0 Å². The second kappa shape index (κ2) is 7.16. The number of esters is 1. The third-order valence-corrected chi connectivity index (χ3v) is 2.76. The molecule has 1 rings (SSSR count). The first-order valence-electron chi connectivity index (χ1n) is 6.39.